The predicted molar refractivity (Wildman–Crippen MR) is 60.7 cm³/mol. The van der Waals surface area contributed by atoms with Crippen LogP contribution in [0.15, 0.2) is 6.07 Å². The lowest BCUT2D eigenvalue weighted by molar-refractivity contribution is 0.0153. The second-order valence-electron chi connectivity index (χ2n) is 5.71. The van der Waals surface area contributed by atoms with E-state index in [0.29, 0.717) is 17.5 Å². The summed E-state index contributed by atoms with van der Waals surface area (Å²) in [6, 6.07) is 1.86. The number of nitrogens with zero attached hydrogens (tertiary/aromatic N) is 1. The van der Waals surface area contributed by atoms with Gasteiger partial charge in [-0.1, -0.05) is 0 Å². The Balaban J connectivity index is 1.47. The monoisotopic (exact) mass is 232 g/mol. The number of aromatic nitrogens is 2. The van der Waals surface area contributed by atoms with Crippen molar-refractivity contribution in [2.24, 2.45) is 5.92 Å². The van der Waals surface area contributed by atoms with Crippen LogP contribution in [0.5, 0.6) is 0 Å². The Kier molecular flexibility index (Phi) is 1.78. The molecule has 0 radical (unpaired) electrons. The van der Waals surface area contributed by atoms with Crippen molar-refractivity contribution >= 4 is 5.97 Å². The number of H-pyrrole nitrogens is 1. The molecular weight excluding hydrogens is 216 g/mol. The first kappa shape index (κ1) is 9.68. The first-order chi connectivity index (χ1) is 8.27. The average molecular weight is 232 g/mol. The third-order valence-electron chi connectivity index (χ3n) is 4.18. The smallest absolute Gasteiger partial charge is 0.359 e. The van der Waals surface area contributed by atoms with Crippen molar-refractivity contribution in [2.75, 3.05) is 0 Å². The van der Waals surface area contributed by atoms with E-state index in [4.69, 9.17) is 4.74 Å². The molecule has 4 nitrogen and oxygen atoms in total. The zero-order valence-corrected chi connectivity index (χ0v) is 9.74. The number of hydrogen-bond donors (Lipinski definition) is 1. The largest absolute Gasteiger partial charge is 0.454 e. The first-order valence-corrected chi connectivity index (χ1v) is 6.55. The van der Waals surface area contributed by atoms with Gasteiger partial charge in [0.05, 0.1) is 0 Å². The molecule has 4 rings (SSSR count). The summed E-state index contributed by atoms with van der Waals surface area (Å²) >= 11 is 0. The van der Waals surface area contributed by atoms with Gasteiger partial charge in [-0.3, -0.25) is 5.10 Å². The fourth-order valence-corrected chi connectivity index (χ4v) is 2.61. The maximum Gasteiger partial charge on any atom is 0.359 e. The van der Waals surface area contributed by atoms with Gasteiger partial charge < -0.3 is 4.74 Å². The van der Waals surface area contributed by atoms with Crippen LogP contribution >= 0.6 is 0 Å². The van der Waals surface area contributed by atoms with Crippen LogP contribution in [-0.4, -0.2) is 21.8 Å². The molecule has 4 heteroatoms. The van der Waals surface area contributed by atoms with Crippen LogP contribution in [0.3, 0.4) is 0 Å². The Morgan fingerprint density at radius 1 is 1.35 bits per heavy atom. The minimum absolute atomic E-state index is 0.101. The van der Waals surface area contributed by atoms with Gasteiger partial charge in [0.15, 0.2) is 5.69 Å². The standard InChI is InChI=1S/C13H16N2O2/c16-12(17-13(5-6-13)9-3-4-9)11-7-10(14-15-11)8-1-2-8/h7-9H,1-6H2,(H,14,15). The zero-order valence-electron chi connectivity index (χ0n) is 9.74. The average Bonchev–Trinajstić information content (AvgIpc) is 3.15. The Hall–Kier alpha value is -1.32. The summed E-state index contributed by atoms with van der Waals surface area (Å²) in [5, 5.41) is 7.02. The molecule has 0 spiro atoms. The highest BCUT2D eigenvalue weighted by Gasteiger charge is 2.57. The number of ether oxygens (including phenoxy) is 1. The van der Waals surface area contributed by atoms with Gasteiger partial charge >= 0.3 is 5.97 Å². The summed E-state index contributed by atoms with van der Waals surface area (Å²) in [4.78, 5) is 12.0. The molecule has 0 aromatic carbocycles. The SMILES string of the molecule is O=C(OC1(C2CC2)CC1)c1cc(C2CC2)[nH]n1. The fraction of sp³-hybridized carbons (Fsp3) is 0.692. The minimum Gasteiger partial charge on any atom is -0.454 e. The zero-order chi connectivity index (χ0) is 11.5. The molecule has 0 bridgehead atoms. The molecule has 1 aromatic rings. The molecule has 1 N–H and O–H groups in total. The van der Waals surface area contributed by atoms with E-state index in [1.54, 1.807) is 0 Å². The molecule has 3 saturated carbocycles. The number of aromatic amines is 1. The summed E-state index contributed by atoms with van der Waals surface area (Å²) in [7, 11) is 0. The van der Waals surface area contributed by atoms with Crippen molar-refractivity contribution in [2.45, 2.75) is 50.0 Å². The van der Waals surface area contributed by atoms with Crippen LogP contribution in [0.25, 0.3) is 0 Å². The van der Waals surface area contributed by atoms with Crippen LogP contribution in [0.4, 0.5) is 0 Å². The minimum atomic E-state index is -0.238. The Morgan fingerprint density at radius 2 is 2.12 bits per heavy atom. The second-order valence-corrected chi connectivity index (χ2v) is 5.71. The molecule has 3 aliphatic rings. The molecule has 0 amide bonds. The third-order valence-corrected chi connectivity index (χ3v) is 4.18. The number of carbonyl (C=O) groups is 1. The number of hydrogen-bond acceptors (Lipinski definition) is 3. The number of carbonyl (C=O) groups excluding carboxylic acids is 1. The van der Waals surface area contributed by atoms with Crippen molar-refractivity contribution in [3.05, 3.63) is 17.5 Å². The van der Waals surface area contributed by atoms with Crippen molar-refractivity contribution in [1.29, 1.82) is 0 Å². The lowest BCUT2D eigenvalue weighted by Gasteiger charge is -2.14. The fourth-order valence-electron chi connectivity index (χ4n) is 2.61. The van der Waals surface area contributed by atoms with E-state index in [9.17, 15) is 4.79 Å². The number of nitrogens with one attached hydrogen (secondary N) is 1. The Labute approximate surface area is 99.7 Å². The quantitative estimate of drug-likeness (QED) is 0.811. The van der Waals surface area contributed by atoms with Gasteiger partial charge in [0, 0.05) is 11.6 Å². The molecule has 0 atom stereocenters. The van der Waals surface area contributed by atoms with Crippen LogP contribution in [-0.2, 0) is 4.74 Å². The molecule has 0 aliphatic heterocycles. The molecule has 0 unspecified atom stereocenters. The highest BCUT2D eigenvalue weighted by molar-refractivity contribution is 5.87. The highest BCUT2D eigenvalue weighted by Crippen LogP contribution is 2.56. The Morgan fingerprint density at radius 3 is 2.71 bits per heavy atom. The maximum absolute atomic E-state index is 12.0. The van der Waals surface area contributed by atoms with Gasteiger partial charge in [-0.15, -0.1) is 0 Å². The van der Waals surface area contributed by atoms with Gasteiger partial charge in [0.2, 0.25) is 0 Å². The predicted octanol–water partition coefficient (Wildman–Crippen LogP) is 2.39. The van der Waals surface area contributed by atoms with Gasteiger partial charge in [0.25, 0.3) is 0 Å². The number of esters is 1. The van der Waals surface area contributed by atoms with Crippen molar-refractivity contribution in [1.82, 2.24) is 10.2 Å². The van der Waals surface area contributed by atoms with Crippen LogP contribution < -0.4 is 0 Å². The van der Waals surface area contributed by atoms with Crippen molar-refractivity contribution in [3.63, 3.8) is 0 Å². The lowest BCUT2D eigenvalue weighted by atomic mass is 10.2. The summed E-state index contributed by atoms with van der Waals surface area (Å²) in [6.07, 6.45) is 6.96. The summed E-state index contributed by atoms with van der Waals surface area (Å²) in [6.45, 7) is 0. The summed E-state index contributed by atoms with van der Waals surface area (Å²) in [5.41, 5.74) is 1.45. The van der Waals surface area contributed by atoms with Gasteiger partial charge in [-0.2, -0.15) is 5.10 Å². The normalized spacial score (nSPS) is 25.6. The molecule has 0 saturated heterocycles. The molecule has 17 heavy (non-hydrogen) atoms. The highest BCUT2D eigenvalue weighted by atomic mass is 16.6. The third kappa shape index (κ3) is 1.66. The van der Waals surface area contributed by atoms with Crippen LogP contribution in [0.1, 0.15) is 60.6 Å². The molecule has 1 heterocycles. The van der Waals surface area contributed by atoms with Crippen molar-refractivity contribution < 1.29 is 9.53 Å². The number of rotatable bonds is 4. The second kappa shape index (κ2) is 3.12. The van der Waals surface area contributed by atoms with E-state index in [1.807, 2.05) is 6.07 Å². The Bertz CT molecular complexity index is 468. The summed E-state index contributed by atoms with van der Waals surface area (Å²) in [5.74, 6) is 0.994. The first-order valence-electron chi connectivity index (χ1n) is 6.55. The summed E-state index contributed by atoms with van der Waals surface area (Å²) < 4.78 is 5.65. The lowest BCUT2D eigenvalue weighted by Crippen LogP contribution is -2.22. The molecule has 3 aliphatic carbocycles. The maximum atomic E-state index is 12.0. The molecule has 1 aromatic heterocycles. The van der Waals surface area contributed by atoms with E-state index in [2.05, 4.69) is 10.2 Å². The van der Waals surface area contributed by atoms with E-state index in [-0.39, 0.29) is 11.6 Å². The molecule has 90 valence electrons. The van der Waals surface area contributed by atoms with Gasteiger partial charge in [-0.25, -0.2) is 4.79 Å². The van der Waals surface area contributed by atoms with Crippen LogP contribution in [0.2, 0.25) is 0 Å². The van der Waals surface area contributed by atoms with Gasteiger partial charge in [0.1, 0.15) is 5.60 Å². The van der Waals surface area contributed by atoms with E-state index >= 15 is 0 Å². The molecular formula is C13H16N2O2. The van der Waals surface area contributed by atoms with Crippen molar-refractivity contribution in [3.8, 4) is 0 Å². The van der Waals surface area contributed by atoms with E-state index in [0.717, 1.165) is 18.5 Å². The molecule has 3 fully saturated rings. The van der Waals surface area contributed by atoms with Crippen LogP contribution in [0, 0.1) is 5.92 Å². The van der Waals surface area contributed by atoms with E-state index in [1.165, 1.54) is 25.7 Å². The van der Waals surface area contributed by atoms with E-state index < -0.39 is 0 Å². The van der Waals surface area contributed by atoms with Gasteiger partial charge in [-0.05, 0) is 50.5 Å². The topological polar surface area (TPSA) is 55.0 Å².